The van der Waals surface area contributed by atoms with E-state index < -0.39 is 0 Å². The highest BCUT2D eigenvalue weighted by molar-refractivity contribution is 5.45. The maximum absolute atomic E-state index is 5.90. The van der Waals surface area contributed by atoms with Gasteiger partial charge in [0.15, 0.2) is 5.82 Å². The van der Waals surface area contributed by atoms with Crippen LogP contribution in [0.2, 0.25) is 0 Å². The van der Waals surface area contributed by atoms with Gasteiger partial charge in [0, 0.05) is 25.4 Å². The molecule has 1 N–H and O–H groups in total. The second-order valence-corrected chi connectivity index (χ2v) is 5.95. The van der Waals surface area contributed by atoms with Gasteiger partial charge in [0.1, 0.15) is 11.4 Å². The zero-order valence-corrected chi connectivity index (χ0v) is 13.4. The molecular formula is C16H27N3O. The Bertz CT molecular complexity index is 440. The van der Waals surface area contributed by atoms with Crippen molar-refractivity contribution >= 4 is 5.82 Å². The summed E-state index contributed by atoms with van der Waals surface area (Å²) in [6.07, 6.45) is 5.31. The number of aromatic nitrogens is 2. The number of hydrogen-bond donors (Lipinski definition) is 1. The summed E-state index contributed by atoms with van der Waals surface area (Å²) in [7, 11) is 3.71. The van der Waals surface area contributed by atoms with E-state index in [1.54, 1.807) is 7.11 Å². The fraction of sp³-hybridized carbons (Fsp3) is 0.750. The second-order valence-electron chi connectivity index (χ2n) is 5.95. The lowest BCUT2D eigenvalue weighted by Gasteiger charge is -2.37. The van der Waals surface area contributed by atoms with Crippen molar-refractivity contribution in [2.45, 2.75) is 58.5 Å². The Labute approximate surface area is 122 Å². The Hall–Kier alpha value is -1.16. The summed E-state index contributed by atoms with van der Waals surface area (Å²) < 4.78 is 5.90. The minimum Gasteiger partial charge on any atom is -0.373 e. The van der Waals surface area contributed by atoms with Gasteiger partial charge in [-0.15, -0.1) is 0 Å². The van der Waals surface area contributed by atoms with E-state index in [4.69, 9.17) is 14.7 Å². The summed E-state index contributed by atoms with van der Waals surface area (Å²) >= 11 is 0. The zero-order chi connectivity index (χ0) is 14.8. The van der Waals surface area contributed by atoms with Gasteiger partial charge in [-0.25, -0.2) is 9.97 Å². The molecule has 0 saturated heterocycles. The number of nitrogens with zero attached hydrogens (tertiary/aromatic N) is 2. The van der Waals surface area contributed by atoms with Crippen LogP contribution in [0.4, 0.5) is 5.82 Å². The van der Waals surface area contributed by atoms with E-state index in [1.165, 1.54) is 12.8 Å². The molecule has 1 fully saturated rings. The van der Waals surface area contributed by atoms with Crippen LogP contribution in [0, 0.1) is 12.8 Å². The van der Waals surface area contributed by atoms with E-state index in [-0.39, 0.29) is 5.60 Å². The molecular weight excluding hydrogens is 250 g/mol. The summed E-state index contributed by atoms with van der Waals surface area (Å²) in [4.78, 5) is 9.56. The van der Waals surface area contributed by atoms with Gasteiger partial charge >= 0.3 is 0 Å². The Morgan fingerprint density at radius 2 is 1.95 bits per heavy atom. The monoisotopic (exact) mass is 277 g/mol. The van der Waals surface area contributed by atoms with Crippen LogP contribution in [0.1, 0.15) is 56.6 Å². The lowest BCUT2D eigenvalue weighted by atomic mass is 9.79. The summed E-state index contributed by atoms with van der Waals surface area (Å²) in [5.41, 5.74) is 1.97. The molecule has 0 aliphatic heterocycles. The number of hydrogen-bond acceptors (Lipinski definition) is 4. The van der Waals surface area contributed by atoms with Gasteiger partial charge < -0.3 is 10.1 Å². The smallest absolute Gasteiger partial charge is 0.162 e. The zero-order valence-electron chi connectivity index (χ0n) is 13.4. The van der Waals surface area contributed by atoms with Gasteiger partial charge in [-0.3, -0.25) is 0 Å². The van der Waals surface area contributed by atoms with Crippen molar-refractivity contribution in [3.8, 4) is 0 Å². The topological polar surface area (TPSA) is 47.0 Å². The summed E-state index contributed by atoms with van der Waals surface area (Å²) in [6, 6.07) is 0. The van der Waals surface area contributed by atoms with E-state index in [0.29, 0.717) is 0 Å². The van der Waals surface area contributed by atoms with Crippen molar-refractivity contribution in [1.82, 2.24) is 9.97 Å². The third-order valence-electron chi connectivity index (χ3n) is 4.70. The second kappa shape index (κ2) is 6.08. The van der Waals surface area contributed by atoms with E-state index in [0.717, 1.165) is 48.1 Å². The lowest BCUT2D eigenvalue weighted by molar-refractivity contribution is -0.0597. The highest BCUT2D eigenvalue weighted by atomic mass is 16.5. The van der Waals surface area contributed by atoms with Crippen LogP contribution in [0.3, 0.4) is 0 Å². The maximum Gasteiger partial charge on any atom is 0.162 e. The normalized spacial score (nSPS) is 26.6. The Morgan fingerprint density at radius 3 is 2.45 bits per heavy atom. The van der Waals surface area contributed by atoms with Crippen molar-refractivity contribution in [2.24, 2.45) is 5.92 Å². The molecule has 112 valence electrons. The SMILES string of the molecule is CCc1nc(C2(OC)CCC(C)CC2)nc(NC)c1C. The fourth-order valence-electron chi connectivity index (χ4n) is 3.10. The number of methoxy groups -OCH3 is 1. The molecule has 1 saturated carbocycles. The molecule has 0 amide bonds. The molecule has 2 rings (SSSR count). The van der Waals surface area contributed by atoms with Gasteiger partial charge in [-0.2, -0.15) is 0 Å². The molecule has 1 aliphatic carbocycles. The Kier molecular flexibility index (Phi) is 4.63. The van der Waals surface area contributed by atoms with Crippen molar-refractivity contribution in [2.75, 3.05) is 19.5 Å². The van der Waals surface area contributed by atoms with Crippen molar-refractivity contribution in [3.05, 3.63) is 17.1 Å². The first-order valence-electron chi connectivity index (χ1n) is 7.67. The first kappa shape index (κ1) is 15.2. The van der Waals surface area contributed by atoms with Gasteiger partial charge in [0.2, 0.25) is 0 Å². The molecule has 1 aromatic rings. The van der Waals surface area contributed by atoms with Crippen LogP contribution in [0.15, 0.2) is 0 Å². The molecule has 0 spiro atoms. The van der Waals surface area contributed by atoms with Crippen LogP contribution < -0.4 is 5.32 Å². The third-order valence-corrected chi connectivity index (χ3v) is 4.70. The van der Waals surface area contributed by atoms with Crippen LogP contribution in [0.5, 0.6) is 0 Å². The standard InChI is InChI=1S/C16H27N3O/c1-6-13-12(3)14(17-4)19-15(18-13)16(20-5)9-7-11(2)8-10-16/h11H,6-10H2,1-5H3,(H,17,18,19). The number of aryl methyl sites for hydroxylation is 1. The number of ether oxygens (including phenoxy) is 1. The molecule has 1 aromatic heterocycles. The average Bonchev–Trinajstić information content (AvgIpc) is 2.49. The van der Waals surface area contributed by atoms with Gasteiger partial charge in [0.25, 0.3) is 0 Å². The molecule has 0 bridgehead atoms. The van der Waals surface area contributed by atoms with Crippen molar-refractivity contribution in [3.63, 3.8) is 0 Å². The van der Waals surface area contributed by atoms with Gasteiger partial charge in [0.05, 0.1) is 0 Å². The lowest BCUT2D eigenvalue weighted by Crippen LogP contribution is -2.35. The first-order valence-corrected chi connectivity index (χ1v) is 7.67. The number of nitrogens with one attached hydrogen (secondary N) is 1. The highest BCUT2D eigenvalue weighted by Gasteiger charge is 2.39. The van der Waals surface area contributed by atoms with Crippen molar-refractivity contribution in [1.29, 1.82) is 0 Å². The molecule has 0 aromatic carbocycles. The summed E-state index contributed by atoms with van der Waals surface area (Å²) in [6.45, 7) is 6.53. The molecule has 1 aliphatic rings. The van der Waals surface area contributed by atoms with Crippen LogP contribution in [-0.2, 0) is 16.8 Å². The molecule has 4 heteroatoms. The molecule has 0 unspecified atom stereocenters. The van der Waals surface area contributed by atoms with E-state index in [2.05, 4.69) is 26.1 Å². The average molecular weight is 277 g/mol. The summed E-state index contributed by atoms with van der Waals surface area (Å²) in [5.74, 6) is 2.57. The fourth-order valence-corrected chi connectivity index (χ4v) is 3.10. The number of anilines is 1. The predicted octanol–water partition coefficient (Wildman–Crippen LogP) is 3.44. The van der Waals surface area contributed by atoms with Crippen LogP contribution >= 0.6 is 0 Å². The maximum atomic E-state index is 5.90. The van der Waals surface area contributed by atoms with E-state index >= 15 is 0 Å². The third kappa shape index (κ3) is 2.66. The quantitative estimate of drug-likeness (QED) is 0.915. The molecule has 1 heterocycles. The highest BCUT2D eigenvalue weighted by Crippen LogP contribution is 2.41. The van der Waals surface area contributed by atoms with Gasteiger partial charge in [-0.1, -0.05) is 13.8 Å². The molecule has 0 radical (unpaired) electrons. The molecule has 4 nitrogen and oxygen atoms in total. The van der Waals surface area contributed by atoms with E-state index in [9.17, 15) is 0 Å². The predicted molar refractivity (Wildman–Crippen MR) is 82.0 cm³/mol. The minimum atomic E-state index is -0.296. The first-order chi connectivity index (χ1) is 9.56. The minimum absolute atomic E-state index is 0.296. The van der Waals surface area contributed by atoms with E-state index in [1.807, 2.05) is 7.05 Å². The van der Waals surface area contributed by atoms with Crippen molar-refractivity contribution < 1.29 is 4.74 Å². The van der Waals surface area contributed by atoms with Crippen LogP contribution in [0.25, 0.3) is 0 Å². The summed E-state index contributed by atoms with van der Waals surface area (Å²) in [5, 5.41) is 3.19. The number of rotatable bonds is 4. The molecule has 0 atom stereocenters. The Balaban J connectivity index is 2.44. The van der Waals surface area contributed by atoms with Crippen LogP contribution in [-0.4, -0.2) is 24.1 Å². The molecule has 20 heavy (non-hydrogen) atoms. The Morgan fingerprint density at radius 1 is 1.30 bits per heavy atom. The van der Waals surface area contributed by atoms with Gasteiger partial charge in [-0.05, 0) is 44.9 Å². The largest absolute Gasteiger partial charge is 0.373 e.